The molecule has 0 saturated heterocycles. The van der Waals surface area contributed by atoms with E-state index < -0.39 is 10.0 Å². The van der Waals surface area contributed by atoms with Crippen molar-refractivity contribution in [2.45, 2.75) is 24.3 Å². The van der Waals surface area contributed by atoms with Crippen LogP contribution in [0.15, 0.2) is 29.2 Å². The zero-order valence-corrected chi connectivity index (χ0v) is 11.6. The molecule has 3 N–H and O–H groups in total. The van der Waals surface area contributed by atoms with E-state index in [0.717, 1.165) is 12.2 Å². The maximum Gasteiger partial charge on any atom is 0.242 e. The second kappa shape index (κ2) is 6.28. The van der Waals surface area contributed by atoms with Crippen molar-refractivity contribution in [1.29, 1.82) is 0 Å². The Morgan fingerprint density at radius 3 is 2.59 bits per heavy atom. The first-order valence-electron chi connectivity index (χ1n) is 5.37. The smallest absolute Gasteiger partial charge is 0.242 e. The zero-order chi connectivity index (χ0) is 12.9. The molecule has 0 aliphatic rings. The Labute approximate surface area is 107 Å². The van der Waals surface area contributed by atoms with Gasteiger partial charge in [0.15, 0.2) is 0 Å². The van der Waals surface area contributed by atoms with E-state index in [-0.39, 0.29) is 16.6 Å². The predicted molar refractivity (Wildman–Crippen MR) is 73.6 cm³/mol. The Morgan fingerprint density at radius 1 is 1.41 bits per heavy atom. The molecule has 0 heterocycles. The second-order valence-corrected chi connectivity index (χ2v) is 6.31. The summed E-state index contributed by atoms with van der Waals surface area (Å²) in [4.78, 5) is 0.152. The van der Waals surface area contributed by atoms with Crippen molar-refractivity contribution in [2.75, 3.05) is 17.7 Å². The molecule has 0 aliphatic heterocycles. The molecule has 0 radical (unpaired) electrons. The van der Waals surface area contributed by atoms with Crippen molar-refractivity contribution in [1.82, 2.24) is 4.72 Å². The van der Waals surface area contributed by atoms with Gasteiger partial charge in [-0.1, -0.05) is 19.1 Å². The van der Waals surface area contributed by atoms with E-state index in [0.29, 0.717) is 0 Å². The summed E-state index contributed by atoms with van der Waals surface area (Å²) in [7, 11) is -3.51. The first-order chi connectivity index (χ1) is 8.01. The molecule has 0 aliphatic carbocycles. The summed E-state index contributed by atoms with van der Waals surface area (Å²) in [5, 5.41) is 0. The molecule has 4 nitrogen and oxygen atoms in total. The fourth-order valence-electron chi connectivity index (χ4n) is 1.44. The summed E-state index contributed by atoms with van der Waals surface area (Å²) in [5.74, 6) is 0.752. The molecule has 1 aromatic carbocycles. The largest absolute Gasteiger partial charge is 0.398 e. The average Bonchev–Trinajstić information content (AvgIpc) is 2.28. The van der Waals surface area contributed by atoms with Crippen LogP contribution in [0.1, 0.15) is 13.3 Å². The number of nitrogens with one attached hydrogen (secondary N) is 1. The van der Waals surface area contributed by atoms with E-state index in [9.17, 15) is 8.42 Å². The molecule has 0 bridgehead atoms. The summed E-state index contributed by atoms with van der Waals surface area (Å²) in [6.45, 7) is 1.96. The highest BCUT2D eigenvalue weighted by Gasteiger charge is 2.20. The SMILES string of the molecule is CCC(CSC)NS(=O)(=O)c1ccccc1N. The van der Waals surface area contributed by atoms with Crippen LogP contribution in [0.3, 0.4) is 0 Å². The average molecular weight is 274 g/mol. The number of hydrogen-bond acceptors (Lipinski definition) is 4. The molecule has 96 valence electrons. The van der Waals surface area contributed by atoms with Crippen LogP contribution in [0.4, 0.5) is 5.69 Å². The summed E-state index contributed by atoms with van der Waals surface area (Å²) >= 11 is 1.62. The molecule has 17 heavy (non-hydrogen) atoms. The Hall–Kier alpha value is -0.720. The van der Waals surface area contributed by atoms with Crippen LogP contribution in [-0.4, -0.2) is 26.5 Å². The van der Waals surface area contributed by atoms with Gasteiger partial charge < -0.3 is 5.73 Å². The van der Waals surface area contributed by atoms with Gasteiger partial charge in [0.1, 0.15) is 4.90 Å². The molecular weight excluding hydrogens is 256 g/mol. The number of nitrogens with two attached hydrogens (primary N) is 1. The molecule has 1 atom stereocenters. The molecule has 1 unspecified atom stereocenters. The van der Waals surface area contributed by atoms with Gasteiger partial charge in [0.05, 0.1) is 5.69 Å². The third kappa shape index (κ3) is 3.90. The third-order valence-corrected chi connectivity index (χ3v) is 4.72. The van der Waals surface area contributed by atoms with Gasteiger partial charge >= 0.3 is 0 Å². The van der Waals surface area contributed by atoms with Crippen LogP contribution in [0.2, 0.25) is 0 Å². The number of sulfonamides is 1. The number of para-hydroxylation sites is 1. The number of benzene rings is 1. The Kier molecular flexibility index (Phi) is 5.30. The van der Waals surface area contributed by atoms with E-state index in [1.165, 1.54) is 6.07 Å². The molecule has 1 aromatic rings. The third-order valence-electron chi connectivity index (χ3n) is 2.39. The van der Waals surface area contributed by atoms with Crippen LogP contribution in [0.25, 0.3) is 0 Å². The van der Waals surface area contributed by atoms with Crippen molar-refractivity contribution in [2.24, 2.45) is 0 Å². The summed E-state index contributed by atoms with van der Waals surface area (Å²) < 4.78 is 26.9. The number of nitrogen functional groups attached to an aromatic ring is 1. The van der Waals surface area contributed by atoms with E-state index in [1.807, 2.05) is 13.2 Å². The second-order valence-electron chi connectivity index (χ2n) is 3.72. The first kappa shape index (κ1) is 14.3. The van der Waals surface area contributed by atoms with Gasteiger partial charge in [0.25, 0.3) is 0 Å². The van der Waals surface area contributed by atoms with Gasteiger partial charge in [-0.2, -0.15) is 11.8 Å². The van der Waals surface area contributed by atoms with Gasteiger partial charge in [-0.25, -0.2) is 13.1 Å². The molecule has 0 fully saturated rings. The van der Waals surface area contributed by atoms with E-state index in [1.54, 1.807) is 30.0 Å². The van der Waals surface area contributed by atoms with Crippen LogP contribution in [0, 0.1) is 0 Å². The van der Waals surface area contributed by atoms with Crippen LogP contribution in [-0.2, 0) is 10.0 Å². The molecule has 1 rings (SSSR count). The van der Waals surface area contributed by atoms with E-state index in [2.05, 4.69) is 4.72 Å². The summed E-state index contributed by atoms with van der Waals surface area (Å²) in [5.41, 5.74) is 5.95. The van der Waals surface area contributed by atoms with Gasteiger partial charge in [0, 0.05) is 11.8 Å². The lowest BCUT2D eigenvalue weighted by Gasteiger charge is -2.16. The lowest BCUT2D eigenvalue weighted by Crippen LogP contribution is -2.36. The highest BCUT2D eigenvalue weighted by molar-refractivity contribution is 7.98. The van der Waals surface area contributed by atoms with Gasteiger partial charge in [-0.05, 0) is 24.8 Å². The number of anilines is 1. The zero-order valence-electron chi connectivity index (χ0n) is 10.0. The topological polar surface area (TPSA) is 72.2 Å². The van der Waals surface area contributed by atoms with Crippen molar-refractivity contribution >= 4 is 27.5 Å². The van der Waals surface area contributed by atoms with Crippen LogP contribution < -0.4 is 10.5 Å². The fraction of sp³-hybridized carbons (Fsp3) is 0.455. The van der Waals surface area contributed by atoms with Crippen molar-refractivity contribution in [3.05, 3.63) is 24.3 Å². The maximum atomic E-state index is 12.1. The molecule has 0 saturated carbocycles. The van der Waals surface area contributed by atoms with Crippen molar-refractivity contribution in [3.63, 3.8) is 0 Å². The standard InChI is InChI=1S/C11H18N2O2S2/c1-3-9(8-16-2)13-17(14,15)11-7-5-4-6-10(11)12/h4-7,9,13H,3,8,12H2,1-2H3. The number of thioether (sulfide) groups is 1. The highest BCUT2D eigenvalue weighted by Crippen LogP contribution is 2.18. The molecule has 0 aromatic heterocycles. The molecule has 0 spiro atoms. The number of rotatable bonds is 6. The summed E-state index contributed by atoms with van der Waals surface area (Å²) in [6, 6.07) is 6.43. The lowest BCUT2D eigenvalue weighted by atomic mass is 10.3. The maximum absolute atomic E-state index is 12.1. The van der Waals surface area contributed by atoms with Gasteiger partial charge in [-0.3, -0.25) is 0 Å². The quantitative estimate of drug-likeness (QED) is 0.774. The Balaban J connectivity index is 2.92. The van der Waals surface area contributed by atoms with Crippen LogP contribution in [0.5, 0.6) is 0 Å². The normalized spacial score (nSPS) is 13.5. The minimum absolute atomic E-state index is 0.0605. The van der Waals surface area contributed by atoms with E-state index in [4.69, 9.17) is 5.73 Å². The fourth-order valence-corrected chi connectivity index (χ4v) is 3.72. The van der Waals surface area contributed by atoms with E-state index >= 15 is 0 Å². The Morgan fingerprint density at radius 2 is 2.06 bits per heavy atom. The minimum Gasteiger partial charge on any atom is -0.398 e. The van der Waals surface area contributed by atoms with Crippen molar-refractivity contribution < 1.29 is 8.42 Å². The lowest BCUT2D eigenvalue weighted by molar-refractivity contribution is 0.558. The van der Waals surface area contributed by atoms with Crippen molar-refractivity contribution in [3.8, 4) is 0 Å². The Bertz CT molecular complexity index is 460. The molecule has 0 amide bonds. The van der Waals surface area contributed by atoms with Gasteiger partial charge in [0.2, 0.25) is 10.0 Å². The predicted octanol–water partition coefficient (Wildman–Crippen LogP) is 1.69. The van der Waals surface area contributed by atoms with Crippen LogP contribution >= 0.6 is 11.8 Å². The minimum atomic E-state index is -3.51. The first-order valence-corrected chi connectivity index (χ1v) is 8.24. The monoisotopic (exact) mass is 274 g/mol. The molecule has 6 heteroatoms. The van der Waals surface area contributed by atoms with Gasteiger partial charge in [-0.15, -0.1) is 0 Å². The highest BCUT2D eigenvalue weighted by atomic mass is 32.2. The molecular formula is C11H18N2O2S2. The number of hydrogen-bond donors (Lipinski definition) is 2. The summed E-state index contributed by atoms with van der Waals surface area (Å²) in [6.07, 6.45) is 2.71.